The summed E-state index contributed by atoms with van der Waals surface area (Å²) in [6, 6.07) is 3.47. The summed E-state index contributed by atoms with van der Waals surface area (Å²) >= 11 is 12.2. The number of hydrogen-bond acceptors (Lipinski definition) is 4. The fraction of sp³-hybridized carbons (Fsp3) is 0.368. The Kier molecular flexibility index (Phi) is 5.04. The topological polar surface area (TPSA) is 63.2 Å². The number of pyridine rings is 2. The van der Waals surface area contributed by atoms with Crippen LogP contribution in [0.25, 0.3) is 0 Å². The zero-order chi connectivity index (χ0) is 19.2. The molecule has 0 fully saturated rings. The molecule has 2 aromatic heterocycles. The first-order valence-electron chi connectivity index (χ1n) is 8.43. The summed E-state index contributed by atoms with van der Waals surface area (Å²) in [5, 5.41) is 0.352. The van der Waals surface area contributed by atoms with Gasteiger partial charge in [-0.2, -0.15) is 0 Å². The van der Waals surface area contributed by atoms with Gasteiger partial charge in [-0.3, -0.25) is 19.5 Å². The zero-order valence-electron chi connectivity index (χ0n) is 15.0. The number of halogens is 2. The van der Waals surface area contributed by atoms with E-state index in [2.05, 4.69) is 9.97 Å². The number of amides is 1. The number of carbonyl (C=O) groups excluding carboxylic acids is 2. The van der Waals surface area contributed by atoms with Gasteiger partial charge in [0, 0.05) is 18.2 Å². The normalized spacial score (nSPS) is 14.4. The fourth-order valence-electron chi connectivity index (χ4n) is 3.11. The standard InChI is InChI=1S/C19H19Cl2N3O2/c1-9(2)12-5-6-22-15(10(3)4)16(12)24-18-11(8-14(25)19(24)26)7-13(20)17(21)23-18/h5-7,9-10H,8H2,1-4H3. The Labute approximate surface area is 162 Å². The Morgan fingerprint density at radius 3 is 2.42 bits per heavy atom. The van der Waals surface area contributed by atoms with Gasteiger partial charge >= 0.3 is 5.91 Å². The summed E-state index contributed by atoms with van der Waals surface area (Å²) in [5.41, 5.74) is 2.85. The Hall–Kier alpha value is -1.98. The van der Waals surface area contributed by atoms with E-state index in [4.69, 9.17) is 23.2 Å². The monoisotopic (exact) mass is 391 g/mol. The number of Topliss-reactive ketones (excluding diaryl/α,β-unsaturated/α-hetero) is 1. The van der Waals surface area contributed by atoms with Crippen molar-refractivity contribution in [3.05, 3.63) is 45.3 Å². The van der Waals surface area contributed by atoms with Crippen molar-refractivity contribution in [3.8, 4) is 0 Å². The number of aromatic nitrogens is 2. The van der Waals surface area contributed by atoms with Crippen molar-refractivity contribution in [1.29, 1.82) is 0 Å². The largest absolute Gasteiger partial charge is 0.300 e. The average molecular weight is 392 g/mol. The van der Waals surface area contributed by atoms with Crippen LogP contribution in [0.2, 0.25) is 10.2 Å². The summed E-state index contributed by atoms with van der Waals surface area (Å²) in [5.74, 6) is -0.603. The lowest BCUT2D eigenvalue weighted by Crippen LogP contribution is -2.40. The van der Waals surface area contributed by atoms with Crippen LogP contribution in [0.5, 0.6) is 0 Å². The van der Waals surface area contributed by atoms with Gasteiger partial charge in [0.15, 0.2) is 0 Å². The third-order valence-corrected chi connectivity index (χ3v) is 5.04. The quantitative estimate of drug-likeness (QED) is 0.555. The molecule has 0 unspecified atom stereocenters. The molecule has 2 aromatic rings. The lowest BCUT2D eigenvalue weighted by molar-refractivity contribution is -0.135. The lowest BCUT2D eigenvalue weighted by atomic mass is 9.94. The van der Waals surface area contributed by atoms with Crippen LogP contribution in [-0.2, 0) is 16.0 Å². The fourth-order valence-corrected chi connectivity index (χ4v) is 3.42. The molecule has 0 saturated carbocycles. The minimum Gasteiger partial charge on any atom is -0.288 e. The van der Waals surface area contributed by atoms with Gasteiger partial charge in [0.1, 0.15) is 11.0 Å². The van der Waals surface area contributed by atoms with E-state index < -0.39 is 11.7 Å². The first-order valence-corrected chi connectivity index (χ1v) is 9.19. The van der Waals surface area contributed by atoms with E-state index in [0.717, 1.165) is 11.3 Å². The Morgan fingerprint density at radius 2 is 1.81 bits per heavy atom. The van der Waals surface area contributed by atoms with Crippen LogP contribution < -0.4 is 4.90 Å². The second-order valence-electron chi connectivity index (χ2n) is 6.93. The van der Waals surface area contributed by atoms with Crippen molar-refractivity contribution >= 4 is 46.4 Å². The van der Waals surface area contributed by atoms with Crippen LogP contribution >= 0.6 is 23.2 Å². The molecule has 0 radical (unpaired) electrons. The van der Waals surface area contributed by atoms with Gasteiger partial charge in [0.2, 0.25) is 5.78 Å². The minimum atomic E-state index is -0.625. The van der Waals surface area contributed by atoms with Crippen molar-refractivity contribution in [2.45, 2.75) is 46.0 Å². The van der Waals surface area contributed by atoms with Crippen molar-refractivity contribution in [1.82, 2.24) is 9.97 Å². The van der Waals surface area contributed by atoms with E-state index in [1.807, 2.05) is 33.8 Å². The molecule has 7 heteroatoms. The first kappa shape index (κ1) is 18.8. The molecular weight excluding hydrogens is 373 g/mol. The van der Waals surface area contributed by atoms with Crippen molar-refractivity contribution in [2.75, 3.05) is 4.90 Å². The number of anilines is 2. The van der Waals surface area contributed by atoms with Crippen molar-refractivity contribution in [2.24, 2.45) is 0 Å². The van der Waals surface area contributed by atoms with Crippen LogP contribution in [0.4, 0.5) is 11.5 Å². The number of fused-ring (bicyclic) bond motifs is 1. The molecule has 3 heterocycles. The maximum Gasteiger partial charge on any atom is 0.300 e. The van der Waals surface area contributed by atoms with Gasteiger partial charge in [-0.15, -0.1) is 0 Å². The first-order chi connectivity index (χ1) is 12.2. The third-order valence-electron chi connectivity index (χ3n) is 4.37. The average Bonchev–Trinajstić information content (AvgIpc) is 2.57. The second kappa shape index (κ2) is 6.97. The van der Waals surface area contributed by atoms with E-state index in [1.165, 1.54) is 4.90 Å². The molecule has 136 valence electrons. The van der Waals surface area contributed by atoms with Crippen LogP contribution in [0.1, 0.15) is 56.4 Å². The maximum atomic E-state index is 12.9. The second-order valence-corrected chi connectivity index (χ2v) is 7.69. The summed E-state index contributed by atoms with van der Waals surface area (Å²) in [6.45, 7) is 8.05. The van der Waals surface area contributed by atoms with E-state index in [9.17, 15) is 9.59 Å². The van der Waals surface area contributed by atoms with Gasteiger partial charge < -0.3 is 0 Å². The van der Waals surface area contributed by atoms with Crippen LogP contribution in [0, 0.1) is 0 Å². The number of hydrogen-bond donors (Lipinski definition) is 0. The van der Waals surface area contributed by atoms with Gasteiger partial charge in [0.05, 0.1) is 16.4 Å². The molecule has 0 N–H and O–H groups in total. The summed E-state index contributed by atoms with van der Waals surface area (Å²) < 4.78 is 0. The van der Waals surface area contributed by atoms with Crippen molar-refractivity contribution in [3.63, 3.8) is 0 Å². The Bertz CT molecular complexity index is 884. The summed E-state index contributed by atoms with van der Waals surface area (Å²) in [6.07, 6.45) is 1.69. The predicted octanol–water partition coefficient (Wildman–Crippen LogP) is 4.82. The van der Waals surface area contributed by atoms with Crippen molar-refractivity contribution < 1.29 is 9.59 Å². The number of carbonyl (C=O) groups is 2. The highest BCUT2D eigenvalue weighted by molar-refractivity contribution is 6.45. The molecule has 26 heavy (non-hydrogen) atoms. The number of rotatable bonds is 3. The molecule has 3 rings (SSSR count). The van der Waals surface area contributed by atoms with Gasteiger partial charge in [-0.25, -0.2) is 4.98 Å². The molecule has 0 saturated heterocycles. The predicted molar refractivity (Wildman–Crippen MR) is 103 cm³/mol. The van der Waals surface area contributed by atoms with Crippen LogP contribution in [-0.4, -0.2) is 21.7 Å². The Morgan fingerprint density at radius 1 is 1.12 bits per heavy atom. The molecule has 5 nitrogen and oxygen atoms in total. The molecule has 0 spiro atoms. The third kappa shape index (κ3) is 3.10. The van der Waals surface area contributed by atoms with Crippen LogP contribution in [0.15, 0.2) is 18.3 Å². The van der Waals surface area contributed by atoms with Gasteiger partial charge in [-0.05, 0) is 29.5 Å². The SMILES string of the molecule is CC(C)c1ccnc(C(C)C)c1N1C(=O)C(=O)Cc2cc(Cl)c(Cl)nc21. The highest BCUT2D eigenvalue weighted by atomic mass is 35.5. The molecule has 0 atom stereocenters. The number of ketones is 1. The van der Waals surface area contributed by atoms with Gasteiger partial charge in [-0.1, -0.05) is 50.9 Å². The molecule has 0 aromatic carbocycles. The molecular formula is C19H19Cl2N3O2. The minimum absolute atomic E-state index is 0.0388. The molecule has 0 bridgehead atoms. The van der Waals surface area contributed by atoms with E-state index >= 15 is 0 Å². The molecule has 1 aliphatic heterocycles. The van der Waals surface area contributed by atoms with E-state index in [0.29, 0.717) is 17.1 Å². The smallest absolute Gasteiger partial charge is 0.288 e. The highest BCUT2D eigenvalue weighted by Gasteiger charge is 2.37. The maximum absolute atomic E-state index is 12.9. The highest BCUT2D eigenvalue weighted by Crippen LogP contribution is 2.41. The molecule has 1 aliphatic rings. The van der Waals surface area contributed by atoms with E-state index in [1.54, 1.807) is 12.3 Å². The number of nitrogens with zero attached hydrogens (tertiary/aromatic N) is 3. The summed E-state index contributed by atoms with van der Waals surface area (Å²) in [4.78, 5) is 35.4. The summed E-state index contributed by atoms with van der Waals surface area (Å²) in [7, 11) is 0. The van der Waals surface area contributed by atoms with Gasteiger partial charge in [0.25, 0.3) is 0 Å². The lowest BCUT2D eigenvalue weighted by Gasteiger charge is -2.32. The van der Waals surface area contributed by atoms with Crippen LogP contribution in [0.3, 0.4) is 0 Å². The molecule has 1 amide bonds. The van der Waals surface area contributed by atoms with E-state index in [-0.39, 0.29) is 28.4 Å². The zero-order valence-corrected chi connectivity index (χ0v) is 16.5. The Balaban J connectivity index is 2.35. The molecule has 0 aliphatic carbocycles.